The van der Waals surface area contributed by atoms with Crippen LogP contribution < -0.4 is 0 Å². The molecule has 0 rings (SSSR count). The number of rotatable bonds is 1. The summed E-state index contributed by atoms with van der Waals surface area (Å²) < 4.78 is 21.5. The van der Waals surface area contributed by atoms with E-state index < -0.39 is 16.1 Å². The van der Waals surface area contributed by atoms with Gasteiger partial charge in [-0.3, -0.25) is 0 Å². The topological polar surface area (TPSA) is 83.9 Å². The van der Waals surface area contributed by atoms with Gasteiger partial charge >= 0.3 is 6.03 Å². The second-order valence-corrected chi connectivity index (χ2v) is 3.73. The SMILES string of the molecule is CN(C(=O)N=C=O)S(C)(=O)=O. The lowest BCUT2D eigenvalue weighted by molar-refractivity contribution is 0.237. The lowest BCUT2D eigenvalue weighted by Gasteiger charge is -2.08. The van der Waals surface area contributed by atoms with Crippen LogP contribution in [0.4, 0.5) is 4.79 Å². The number of carbonyl (C=O) groups is 1. The Morgan fingerprint density at radius 1 is 1.55 bits per heavy atom. The zero-order chi connectivity index (χ0) is 9.07. The zero-order valence-electron chi connectivity index (χ0n) is 5.94. The maximum atomic E-state index is 10.6. The third-order valence-corrected chi connectivity index (χ3v) is 2.06. The van der Waals surface area contributed by atoms with Gasteiger partial charge in [0.25, 0.3) is 0 Å². The Morgan fingerprint density at radius 3 is 2.27 bits per heavy atom. The van der Waals surface area contributed by atoms with Crippen LogP contribution in [-0.4, -0.2) is 38.1 Å². The molecule has 0 bridgehead atoms. The zero-order valence-corrected chi connectivity index (χ0v) is 6.75. The molecule has 0 fully saturated rings. The van der Waals surface area contributed by atoms with Crippen molar-refractivity contribution in [2.75, 3.05) is 13.3 Å². The number of urea groups is 1. The molecule has 0 atom stereocenters. The normalized spacial score (nSPS) is 10.0. The average molecular weight is 178 g/mol. The van der Waals surface area contributed by atoms with Crippen LogP contribution in [0.15, 0.2) is 4.99 Å². The van der Waals surface area contributed by atoms with Gasteiger partial charge in [-0.05, 0) is 0 Å². The molecular weight excluding hydrogens is 172 g/mol. The third kappa shape index (κ3) is 2.92. The van der Waals surface area contributed by atoms with E-state index >= 15 is 0 Å². The number of hydrogen-bond donors (Lipinski definition) is 0. The molecular formula is C4H6N2O4S. The molecule has 7 heteroatoms. The lowest BCUT2D eigenvalue weighted by Crippen LogP contribution is -2.29. The summed E-state index contributed by atoms with van der Waals surface area (Å²) in [5.74, 6) is 0. The summed E-state index contributed by atoms with van der Waals surface area (Å²) in [6.07, 6.45) is 1.76. The van der Waals surface area contributed by atoms with E-state index in [1.54, 1.807) is 0 Å². The molecule has 62 valence electrons. The van der Waals surface area contributed by atoms with E-state index in [-0.39, 0.29) is 0 Å². The first-order valence-electron chi connectivity index (χ1n) is 2.45. The van der Waals surface area contributed by atoms with Crippen LogP contribution in [-0.2, 0) is 14.8 Å². The summed E-state index contributed by atoms with van der Waals surface area (Å²) in [7, 11) is -2.61. The second kappa shape index (κ2) is 3.27. The van der Waals surface area contributed by atoms with Gasteiger partial charge in [-0.2, -0.15) is 0 Å². The van der Waals surface area contributed by atoms with E-state index in [1.807, 2.05) is 0 Å². The lowest BCUT2D eigenvalue weighted by atomic mass is 11.0. The molecule has 6 nitrogen and oxygen atoms in total. The van der Waals surface area contributed by atoms with Crippen molar-refractivity contribution in [3.63, 3.8) is 0 Å². The fourth-order valence-corrected chi connectivity index (χ4v) is 0.576. The highest BCUT2D eigenvalue weighted by Crippen LogP contribution is 1.94. The first kappa shape index (κ1) is 9.80. The van der Waals surface area contributed by atoms with Crippen LogP contribution in [0.2, 0.25) is 0 Å². The van der Waals surface area contributed by atoms with Crippen molar-refractivity contribution >= 4 is 22.1 Å². The van der Waals surface area contributed by atoms with Crippen molar-refractivity contribution in [1.82, 2.24) is 4.31 Å². The molecule has 0 heterocycles. The van der Waals surface area contributed by atoms with E-state index in [9.17, 15) is 18.0 Å². The Kier molecular flexibility index (Phi) is 2.91. The molecule has 0 unspecified atom stereocenters. The van der Waals surface area contributed by atoms with E-state index in [2.05, 4.69) is 4.99 Å². The quantitative estimate of drug-likeness (QED) is 0.394. The smallest absolute Gasteiger partial charge is 0.244 e. The summed E-state index contributed by atoms with van der Waals surface area (Å²) in [5.41, 5.74) is 0. The van der Waals surface area contributed by atoms with E-state index in [0.717, 1.165) is 19.4 Å². The Morgan fingerprint density at radius 2 is 2.00 bits per heavy atom. The van der Waals surface area contributed by atoms with Gasteiger partial charge in [-0.25, -0.2) is 22.3 Å². The van der Waals surface area contributed by atoms with Crippen LogP contribution in [0, 0.1) is 0 Å². The van der Waals surface area contributed by atoms with E-state index in [4.69, 9.17) is 0 Å². The van der Waals surface area contributed by atoms with Gasteiger partial charge < -0.3 is 0 Å². The maximum absolute atomic E-state index is 10.6. The number of isocyanates is 1. The minimum Gasteiger partial charge on any atom is -0.244 e. The molecule has 0 aromatic rings. The van der Waals surface area contributed by atoms with Gasteiger partial charge in [0, 0.05) is 7.05 Å². The molecule has 0 aromatic heterocycles. The highest BCUT2D eigenvalue weighted by molar-refractivity contribution is 7.88. The van der Waals surface area contributed by atoms with Gasteiger partial charge in [-0.15, -0.1) is 4.99 Å². The van der Waals surface area contributed by atoms with Gasteiger partial charge in [-0.1, -0.05) is 0 Å². The second-order valence-electron chi connectivity index (χ2n) is 1.72. The van der Waals surface area contributed by atoms with Crippen molar-refractivity contribution in [2.45, 2.75) is 0 Å². The summed E-state index contributed by atoms with van der Waals surface area (Å²) >= 11 is 0. The van der Waals surface area contributed by atoms with Crippen LogP contribution in [0.5, 0.6) is 0 Å². The molecule has 0 saturated heterocycles. The molecule has 0 aliphatic carbocycles. The third-order valence-electron chi connectivity index (χ3n) is 0.908. The van der Waals surface area contributed by atoms with Crippen LogP contribution in [0.3, 0.4) is 0 Å². The molecule has 2 amide bonds. The van der Waals surface area contributed by atoms with Crippen LogP contribution in [0.1, 0.15) is 0 Å². The number of hydrogen-bond acceptors (Lipinski definition) is 4. The predicted molar refractivity (Wildman–Crippen MR) is 36.1 cm³/mol. The predicted octanol–water partition coefficient (Wildman–Crippen LogP) is -0.666. The summed E-state index contributed by atoms with van der Waals surface area (Å²) in [6.45, 7) is 0. The number of aliphatic imine (C=N–C) groups is 1. The molecule has 0 saturated carbocycles. The van der Waals surface area contributed by atoms with Crippen molar-refractivity contribution in [3.8, 4) is 0 Å². The minimum atomic E-state index is -3.61. The summed E-state index contributed by atoms with van der Waals surface area (Å²) in [6, 6.07) is -1.15. The molecule has 0 radical (unpaired) electrons. The average Bonchev–Trinajstić information content (AvgIpc) is 1.85. The van der Waals surface area contributed by atoms with Crippen molar-refractivity contribution < 1.29 is 18.0 Å². The Bertz CT molecular complexity index is 300. The van der Waals surface area contributed by atoms with Crippen LogP contribution in [0.25, 0.3) is 0 Å². The van der Waals surface area contributed by atoms with Crippen LogP contribution >= 0.6 is 0 Å². The standard InChI is InChI=1S/C4H6N2O4S/c1-6(11(2,9)10)4(8)5-3-7/h1-2H3. The monoisotopic (exact) mass is 178 g/mol. The number of nitrogens with zero attached hydrogens (tertiary/aromatic N) is 2. The van der Waals surface area contributed by atoms with Gasteiger partial charge in [0.1, 0.15) is 0 Å². The molecule has 0 aromatic carbocycles. The Balaban J connectivity index is 4.65. The molecule has 0 aliphatic heterocycles. The largest absolute Gasteiger partial charge is 0.367 e. The van der Waals surface area contributed by atoms with Crippen molar-refractivity contribution in [1.29, 1.82) is 0 Å². The van der Waals surface area contributed by atoms with E-state index in [0.29, 0.717) is 4.31 Å². The fraction of sp³-hybridized carbons (Fsp3) is 0.500. The molecule has 0 spiro atoms. The fourth-order valence-electron chi connectivity index (χ4n) is 0.251. The van der Waals surface area contributed by atoms with Gasteiger partial charge in [0.15, 0.2) is 0 Å². The first-order chi connectivity index (χ1) is 4.89. The minimum absolute atomic E-state index is 0.345. The van der Waals surface area contributed by atoms with E-state index in [1.165, 1.54) is 0 Å². The molecule has 11 heavy (non-hydrogen) atoms. The van der Waals surface area contributed by atoms with Gasteiger partial charge in [0.05, 0.1) is 6.26 Å². The number of carbonyl (C=O) groups excluding carboxylic acids is 2. The number of sulfonamides is 1. The highest BCUT2D eigenvalue weighted by Gasteiger charge is 2.16. The maximum Gasteiger partial charge on any atom is 0.367 e. The van der Waals surface area contributed by atoms with Gasteiger partial charge in [0.2, 0.25) is 16.1 Å². The number of amides is 2. The first-order valence-corrected chi connectivity index (χ1v) is 4.30. The van der Waals surface area contributed by atoms with Crippen molar-refractivity contribution in [3.05, 3.63) is 0 Å². The summed E-state index contributed by atoms with van der Waals surface area (Å²) in [4.78, 5) is 22.6. The molecule has 0 N–H and O–H groups in total. The Hall–Kier alpha value is -1.20. The summed E-state index contributed by atoms with van der Waals surface area (Å²) in [5, 5.41) is 0. The highest BCUT2D eigenvalue weighted by atomic mass is 32.2. The molecule has 0 aliphatic rings. The van der Waals surface area contributed by atoms with Crippen molar-refractivity contribution in [2.24, 2.45) is 4.99 Å². The Labute approximate surface area is 63.6 Å².